The third-order valence-electron chi connectivity index (χ3n) is 5.74. The summed E-state index contributed by atoms with van der Waals surface area (Å²) in [6.45, 7) is 11.6. The van der Waals surface area contributed by atoms with Crippen molar-refractivity contribution in [2.24, 2.45) is 5.92 Å². The van der Waals surface area contributed by atoms with Gasteiger partial charge in [-0.2, -0.15) is 0 Å². The van der Waals surface area contributed by atoms with E-state index in [1.165, 1.54) is 0 Å². The molecule has 1 fully saturated rings. The number of benzene rings is 1. The number of hydrogen-bond donors (Lipinski definition) is 0. The van der Waals surface area contributed by atoms with E-state index >= 15 is 0 Å². The van der Waals surface area contributed by atoms with Gasteiger partial charge in [-0.3, -0.25) is 4.79 Å². The second-order valence-corrected chi connectivity index (χ2v) is 9.27. The predicted molar refractivity (Wildman–Crippen MR) is 116 cm³/mol. The van der Waals surface area contributed by atoms with E-state index in [-0.39, 0.29) is 42.2 Å². The van der Waals surface area contributed by atoms with Gasteiger partial charge < -0.3 is 19.3 Å². The number of rotatable bonds is 6. The Morgan fingerprint density at radius 2 is 1.93 bits per heavy atom. The van der Waals surface area contributed by atoms with Gasteiger partial charge >= 0.3 is 6.09 Å². The average Bonchev–Trinajstić information content (AvgIpc) is 3.29. The Morgan fingerprint density at radius 1 is 1.23 bits per heavy atom. The van der Waals surface area contributed by atoms with Gasteiger partial charge in [0.05, 0.1) is 12.1 Å². The third kappa shape index (κ3) is 5.15. The normalized spacial score (nSPS) is 22.8. The van der Waals surface area contributed by atoms with Gasteiger partial charge in [-0.15, -0.1) is 0 Å². The van der Waals surface area contributed by atoms with Crippen LogP contribution in [0.3, 0.4) is 0 Å². The molecule has 2 heterocycles. The first-order chi connectivity index (χ1) is 14.2. The maximum Gasteiger partial charge on any atom is 0.410 e. The Hall–Kier alpha value is -2.50. The number of hydrogen-bond acceptors (Lipinski definition) is 4. The third-order valence-corrected chi connectivity index (χ3v) is 5.74. The summed E-state index contributed by atoms with van der Waals surface area (Å²) in [7, 11) is 0. The highest BCUT2D eigenvalue weighted by Crippen LogP contribution is 2.35. The molecule has 0 aromatic heterocycles. The summed E-state index contributed by atoms with van der Waals surface area (Å²) >= 11 is 0. The van der Waals surface area contributed by atoms with Gasteiger partial charge in [0.2, 0.25) is 0 Å². The van der Waals surface area contributed by atoms with Crippen molar-refractivity contribution in [1.29, 1.82) is 0 Å². The van der Waals surface area contributed by atoms with Crippen LogP contribution in [0.5, 0.6) is 0 Å². The lowest BCUT2D eigenvalue weighted by Gasteiger charge is -2.37. The van der Waals surface area contributed by atoms with E-state index < -0.39 is 0 Å². The molecule has 0 radical (unpaired) electrons. The van der Waals surface area contributed by atoms with Crippen LogP contribution in [0.2, 0.25) is 0 Å². The molecule has 0 bridgehead atoms. The standard InChI is InChI=1S/C24H34N2O4/c1-6-17(2)22-20(30-24(3,4)5)14-21(27)26(22)19-12-13-25(15-19)23(28)29-16-18-10-8-7-9-11-18/h7-11,14,17,19,22H,6,12-13,15-16H2,1-5H3/t17-,19-,22?/m0/s1. The van der Waals surface area contributed by atoms with Gasteiger partial charge in [0.25, 0.3) is 5.91 Å². The van der Waals surface area contributed by atoms with Crippen LogP contribution in [-0.4, -0.2) is 52.6 Å². The van der Waals surface area contributed by atoms with Crippen LogP contribution in [0.1, 0.15) is 53.0 Å². The number of amides is 2. The molecule has 3 atom stereocenters. The van der Waals surface area contributed by atoms with E-state index in [1.54, 1.807) is 11.0 Å². The van der Waals surface area contributed by atoms with Crippen LogP contribution in [0, 0.1) is 5.92 Å². The monoisotopic (exact) mass is 414 g/mol. The molecule has 0 saturated carbocycles. The molecular formula is C24H34N2O4. The minimum atomic E-state index is -0.364. The lowest BCUT2D eigenvalue weighted by molar-refractivity contribution is -0.129. The lowest BCUT2D eigenvalue weighted by Crippen LogP contribution is -2.48. The zero-order chi connectivity index (χ0) is 21.9. The molecule has 1 saturated heterocycles. The molecule has 6 heteroatoms. The molecule has 1 aromatic rings. The first kappa shape index (κ1) is 22.2. The fourth-order valence-electron chi connectivity index (χ4n) is 4.13. The summed E-state index contributed by atoms with van der Waals surface area (Å²) in [5.41, 5.74) is 0.595. The molecule has 1 unspecified atom stereocenters. The van der Waals surface area contributed by atoms with Crippen molar-refractivity contribution < 1.29 is 19.1 Å². The van der Waals surface area contributed by atoms with Crippen LogP contribution in [-0.2, 0) is 20.9 Å². The molecule has 164 valence electrons. The second kappa shape index (κ2) is 9.11. The molecule has 2 aliphatic rings. The predicted octanol–water partition coefficient (Wildman–Crippen LogP) is 4.35. The molecule has 3 rings (SSSR count). The molecule has 0 aliphatic carbocycles. The van der Waals surface area contributed by atoms with Gasteiger partial charge in [-0.05, 0) is 38.7 Å². The van der Waals surface area contributed by atoms with Crippen LogP contribution >= 0.6 is 0 Å². The summed E-state index contributed by atoms with van der Waals surface area (Å²) in [5.74, 6) is 0.986. The maximum absolute atomic E-state index is 12.9. The van der Waals surface area contributed by atoms with Crippen LogP contribution in [0.15, 0.2) is 42.2 Å². The SMILES string of the molecule is CC[C@H](C)C1C(OC(C)(C)C)=CC(=O)N1[C@H]1CCN(C(=O)OCc2ccccc2)C1. The number of carbonyl (C=O) groups excluding carboxylic acids is 2. The molecule has 2 aliphatic heterocycles. The molecule has 0 spiro atoms. The van der Waals surface area contributed by atoms with Gasteiger partial charge in [-0.1, -0.05) is 50.6 Å². The van der Waals surface area contributed by atoms with Gasteiger partial charge in [0.15, 0.2) is 0 Å². The molecule has 30 heavy (non-hydrogen) atoms. The van der Waals surface area contributed by atoms with E-state index in [0.29, 0.717) is 13.1 Å². The fourth-order valence-corrected chi connectivity index (χ4v) is 4.13. The topological polar surface area (TPSA) is 59.1 Å². The second-order valence-electron chi connectivity index (χ2n) is 9.27. The number of nitrogens with zero attached hydrogens (tertiary/aromatic N) is 2. The molecule has 0 N–H and O–H groups in total. The smallest absolute Gasteiger partial charge is 0.410 e. The van der Waals surface area contributed by atoms with E-state index in [4.69, 9.17) is 9.47 Å². The van der Waals surface area contributed by atoms with Crippen LogP contribution in [0.25, 0.3) is 0 Å². The van der Waals surface area contributed by atoms with Crippen molar-refractivity contribution in [1.82, 2.24) is 9.80 Å². The zero-order valence-corrected chi connectivity index (χ0v) is 18.8. The summed E-state index contributed by atoms with van der Waals surface area (Å²) in [5, 5.41) is 0. The number of ether oxygens (including phenoxy) is 2. The Balaban J connectivity index is 1.65. The van der Waals surface area contributed by atoms with Gasteiger partial charge in [0, 0.05) is 19.2 Å². The van der Waals surface area contributed by atoms with Crippen molar-refractivity contribution in [2.45, 2.75) is 71.8 Å². The van der Waals surface area contributed by atoms with Gasteiger partial charge in [0.1, 0.15) is 18.0 Å². The summed E-state index contributed by atoms with van der Waals surface area (Å²) < 4.78 is 11.6. The first-order valence-electron chi connectivity index (χ1n) is 10.9. The molecule has 2 amide bonds. The van der Waals surface area contributed by atoms with E-state index in [1.807, 2.05) is 56.0 Å². The first-order valence-corrected chi connectivity index (χ1v) is 10.9. The quantitative estimate of drug-likeness (QED) is 0.694. The van der Waals surface area contributed by atoms with E-state index in [0.717, 1.165) is 24.2 Å². The zero-order valence-electron chi connectivity index (χ0n) is 18.8. The maximum atomic E-state index is 12.9. The Bertz CT molecular complexity index is 784. The highest BCUT2D eigenvalue weighted by Gasteiger charge is 2.44. The van der Waals surface area contributed by atoms with Crippen LogP contribution < -0.4 is 0 Å². The van der Waals surface area contributed by atoms with Crippen molar-refractivity contribution in [3.8, 4) is 0 Å². The number of carbonyl (C=O) groups is 2. The number of likely N-dealkylation sites (tertiary alicyclic amines) is 1. The van der Waals surface area contributed by atoms with Crippen molar-refractivity contribution in [2.75, 3.05) is 13.1 Å². The average molecular weight is 415 g/mol. The fraction of sp³-hybridized carbons (Fsp3) is 0.583. The van der Waals surface area contributed by atoms with Crippen molar-refractivity contribution in [3.05, 3.63) is 47.7 Å². The van der Waals surface area contributed by atoms with Crippen molar-refractivity contribution in [3.63, 3.8) is 0 Å². The van der Waals surface area contributed by atoms with E-state index in [2.05, 4.69) is 13.8 Å². The minimum absolute atomic E-state index is 0.0240. The molecule has 1 aromatic carbocycles. The molecule has 6 nitrogen and oxygen atoms in total. The molecular weight excluding hydrogens is 380 g/mol. The lowest BCUT2D eigenvalue weighted by atomic mass is 9.96. The van der Waals surface area contributed by atoms with Gasteiger partial charge in [-0.25, -0.2) is 4.79 Å². The Kier molecular flexibility index (Phi) is 6.74. The highest BCUT2D eigenvalue weighted by molar-refractivity contribution is 5.92. The Labute approximate surface area is 179 Å². The minimum Gasteiger partial charge on any atom is -0.490 e. The summed E-state index contributed by atoms with van der Waals surface area (Å²) in [6, 6.07) is 9.53. The van der Waals surface area contributed by atoms with E-state index in [9.17, 15) is 9.59 Å². The van der Waals surface area contributed by atoms with Crippen LogP contribution in [0.4, 0.5) is 4.79 Å². The highest BCUT2D eigenvalue weighted by atomic mass is 16.6. The van der Waals surface area contributed by atoms with Crippen molar-refractivity contribution >= 4 is 12.0 Å². The largest absolute Gasteiger partial charge is 0.490 e. The summed E-state index contributed by atoms with van der Waals surface area (Å²) in [6.07, 6.45) is 3.00. The summed E-state index contributed by atoms with van der Waals surface area (Å²) in [4.78, 5) is 29.1. The Morgan fingerprint density at radius 3 is 2.57 bits per heavy atom.